The smallest absolute Gasteiger partial charge is 0.401 e. The van der Waals surface area contributed by atoms with E-state index in [1.54, 1.807) is 25.2 Å². The summed E-state index contributed by atoms with van der Waals surface area (Å²) >= 11 is 0. The minimum Gasteiger partial charge on any atom is -0.468 e. The maximum atomic E-state index is 12.2. The summed E-state index contributed by atoms with van der Waals surface area (Å²) in [7, 11) is 2.88. The SMILES string of the molecule is CNc1cccc(C[C@@H](NCC(F)(F)F)C(=O)OC)c1. The highest BCUT2D eigenvalue weighted by atomic mass is 19.4. The number of alkyl halides is 3. The molecular weight excluding hydrogens is 273 g/mol. The molecule has 0 heterocycles. The van der Waals surface area contributed by atoms with E-state index in [4.69, 9.17) is 0 Å². The van der Waals surface area contributed by atoms with Gasteiger partial charge in [-0.2, -0.15) is 13.2 Å². The Hall–Kier alpha value is -1.76. The molecule has 20 heavy (non-hydrogen) atoms. The number of carbonyl (C=O) groups is 1. The number of ether oxygens (including phenoxy) is 1. The third kappa shape index (κ3) is 5.48. The second-order valence-corrected chi connectivity index (χ2v) is 4.23. The zero-order chi connectivity index (χ0) is 15.2. The van der Waals surface area contributed by atoms with Gasteiger partial charge in [0.1, 0.15) is 6.04 Å². The Morgan fingerprint density at radius 2 is 2.10 bits per heavy atom. The van der Waals surface area contributed by atoms with Gasteiger partial charge in [-0.05, 0) is 24.1 Å². The number of anilines is 1. The summed E-state index contributed by atoms with van der Waals surface area (Å²) in [6.45, 7) is -1.24. The molecule has 0 amide bonds. The van der Waals surface area contributed by atoms with Crippen LogP contribution >= 0.6 is 0 Å². The van der Waals surface area contributed by atoms with Crippen LogP contribution in [0.3, 0.4) is 0 Å². The van der Waals surface area contributed by atoms with Crippen molar-refractivity contribution in [2.75, 3.05) is 26.0 Å². The van der Waals surface area contributed by atoms with Crippen molar-refractivity contribution in [1.82, 2.24) is 5.32 Å². The number of esters is 1. The van der Waals surface area contributed by atoms with Crippen LogP contribution in [0.5, 0.6) is 0 Å². The summed E-state index contributed by atoms with van der Waals surface area (Å²) in [4.78, 5) is 11.5. The van der Waals surface area contributed by atoms with E-state index in [2.05, 4.69) is 15.4 Å². The van der Waals surface area contributed by atoms with E-state index in [0.717, 1.165) is 18.4 Å². The van der Waals surface area contributed by atoms with Crippen LogP contribution in [0.1, 0.15) is 5.56 Å². The van der Waals surface area contributed by atoms with Crippen LogP contribution < -0.4 is 10.6 Å². The third-order valence-corrected chi connectivity index (χ3v) is 2.69. The van der Waals surface area contributed by atoms with Crippen LogP contribution in [0.2, 0.25) is 0 Å². The average molecular weight is 290 g/mol. The summed E-state index contributed by atoms with van der Waals surface area (Å²) in [5, 5.41) is 5.10. The van der Waals surface area contributed by atoms with Gasteiger partial charge in [0.05, 0.1) is 13.7 Å². The molecule has 1 aromatic rings. The van der Waals surface area contributed by atoms with E-state index in [0.29, 0.717) is 0 Å². The van der Waals surface area contributed by atoms with Gasteiger partial charge in [-0.15, -0.1) is 0 Å². The van der Waals surface area contributed by atoms with Crippen molar-refractivity contribution in [2.24, 2.45) is 0 Å². The minimum atomic E-state index is -4.38. The van der Waals surface area contributed by atoms with E-state index >= 15 is 0 Å². The highest BCUT2D eigenvalue weighted by Crippen LogP contribution is 2.15. The molecule has 0 saturated heterocycles. The van der Waals surface area contributed by atoms with Gasteiger partial charge in [0.2, 0.25) is 0 Å². The molecule has 0 aromatic heterocycles. The Kier molecular flexibility index (Phi) is 5.82. The highest BCUT2D eigenvalue weighted by molar-refractivity contribution is 5.76. The average Bonchev–Trinajstić information content (AvgIpc) is 2.41. The lowest BCUT2D eigenvalue weighted by Crippen LogP contribution is -2.44. The molecule has 112 valence electrons. The van der Waals surface area contributed by atoms with Crippen LogP contribution in [-0.4, -0.2) is 38.9 Å². The molecule has 0 aliphatic heterocycles. The summed E-state index contributed by atoms with van der Waals surface area (Å²) in [6, 6.07) is 6.06. The molecule has 2 N–H and O–H groups in total. The molecule has 0 unspecified atom stereocenters. The van der Waals surface area contributed by atoms with Crippen molar-refractivity contribution in [3.05, 3.63) is 29.8 Å². The molecule has 0 bridgehead atoms. The van der Waals surface area contributed by atoms with E-state index in [1.807, 2.05) is 6.07 Å². The van der Waals surface area contributed by atoms with Crippen molar-refractivity contribution in [2.45, 2.75) is 18.6 Å². The molecule has 0 spiro atoms. The lowest BCUT2D eigenvalue weighted by Gasteiger charge is -2.18. The zero-order valence-electron chi connectivity index (χ0n) is 11.3. The molecule has 0 aliphatic carbocycles. The molecule has 0 saturated carbocycles. The van der Waals surface area contributed by atoms with Crippen LogP contribution in [0.15, 0.2) is 24.3 Å². The van der Waals surface area contributed by atoms with Crippen LogP contribution in [0.25, 0.3) is 0 Å². The normalized spacial score (nSPS) is 12.8. The molecule has 0 fully saturated rings. The fourth-order valence-electron chi connectivity index (χ4n) is 1.71. The number of halogens is 3. The third-order valence-electron chi connectivity index (χ3n) is 2.69. The summed E-state index contributed by atoms with van der Waals surface area (Å²) in [5.41, 5.74) is 1.56. The van der Waals surface area contributed by atoms with Gasteiger partial charge < -0.3 is 10.1 Å². The van der Waals surface area contributed by atoms with E-state index < -0.39 is 24.7 Å². The molecule has 0 radical (unpaired) electrons. The first kappa shape index (κ1) is 16.3. The highest BCUT2D eigenvalue weighted by Gasteiger charge is 2.30. The molecule has 0 aliphatic rings. The van der Waals surface area contributed by atoms with E-state index in [1.165, 1.54) is 0 Å². The lowest BCUT2D eigenvalue weighted by molar-refractivity contribution is -0.146. The summed E-state index contributed by atoms with van der Waals surface area (Å²) in [6.07, 6.45) is -4.25. The fourth-order valence-corrected chi connectivity index (χ4v) is 1.71. The second kappa shape index (κ2) is 7.14. The minimum absolute atomic E-state index is 0.123. The van der Waals surface area contributed by atoms with Crippen molar-refractivity contribution in [3.63, 3.8) is 0 Å². The second-order valence-electron chi connectivity index (χ2n) is 4.23. The Labute approximate surface area is 115 Å². The number of hydrogen-bond donors (Lipinski definition) is 2. The number of carbonyl (C=O) groups excluding carboxylic acids is 1. The first-order chi connectivity index (χ1) is 9.35. The van der Waals surface area contributed by atoms with Gasteiger partial charge >= 0.3 is 12.1 Å². The predicted octanol–water partition coefficient (Wildman–Crippen LogP) is 1.96. The molecule has 1 rings (SSSR count). The number of rotatable bonds is 6. The Bertz CT molecular complexity index is 449. The van der Waals surface area contributed by atoms with Gasteiger partial charge in [0, 0.05) is 12.7 Å². The quantitative estimate of drug-likeness (QED) is 0.786. The van der Waals surface area contributed by atoms with Gasteiger partial charge in [-0.3, -0.25) is 10.1 Å². The van der Waals surface area contributed by atoms with Crippen molar-refractivity contribution in [1.29, 1.82) is 0 Å². The Morgan fingerprint density at radius 1 is 1.40 bits per heavy atom. The Balaban J connectivity index is 2.75. The first-order valence-corrected chi connectivity index (χ1v) is 6.00. The summed E-state index contributed by atoms with van der Waals surface area (Å²) < 4.78 is 41.2. The standard InChI is InChI=1S/C13H17F3N2O2/c1-17-10-5-3-4-9(6-10)7-11(12(19)20-2)18-8-13(14,15)16/h3-6,11,17-18H,7-8H2,1-2H3/t11-/m1/s1. The van der Waals surface area contributed by atoms with Crippen LogP contribution in [0, 0.1) is 0 Å². The largest absolute Gasteiger partial charge is 0.468 e. The van der Waals surface area contributed by atoms with Crippen LogP contribution in [0.4, 0.5) is 18.9 Å². The molecule has 7 heteroatoms. The van der Waals surface area contributed by atoms with Gasteiger partial charge in [-0.25, -0.2) is 0 Å². The van der Waals surface area contributed by atoms with Crippen molar-refractivity contribution in [3.8, 4) is 0 Å². The molecule has 1 atom stereocenters. The van der Waals surface area contributed by atoms with Gasteiger partial charge in [-0.1, -0.05) is 12.1 Å². The zero-order valence-corrected chi connectivity index (χ0v) is 11.3. The number of benzene rings is 1. The van der Waals surface area contributed by atoms with Crippen molar-refractivity contribution >= 4 is 11.7 Å². The molecule has 1 aromatic carbocycles. The molecular formula is C13H17F3N2O2. The van der Waals surface area contributed by atoms with Gasteiger partial charge in [0.15, 0.2) is 0 Å². The monoisotopic (exact) mass is 290 g/mol. The number of methoxy groups -OCH3 is 1. The van der Waals surface area contributed by atoms with E-state index in [-0.39, 0.29) is 6.42 Å². The number of hydrogen-bond acceptors (Lipinski definition) is 4. The summed E-state index contributed by atoms with van der Waals surface area (Å²) in [5.74, 6) is -0.718. The topological polar surface area (TPSA) is 50.4 Å². The lowest BCUT2D eigenvalue weighted by atomic mass is 10.1. The van der Waals surface area contributed by atoms with Crippen molar-refractivity contribution < 1.29 is 22.7 Å². The maximum Gasteiger partial charge on any atom is 0.401 e. The van der Waals surface area contributed by atoms with Crippen LogP contribution in [-0.2, 0) is 16.0 Å². The molecule has 4 nitrogen and oxygen atoms in total. The maximum absolute atomic E-state index is 12.2. The predicted molar refractivity (Wildman–Crippen MR) is 69.6 cm³/mol. The fraction of sp³-hybridized carbons (Fsp3) is 0.462. The van der Waals surface area contributed by atoms with E-state index in [9.17, 15) is 18.0 Å². The first-order valence-electron chi connectivity index (χ1n) is 6.00. The van der Waals surface area contributed by atoms with Gasteiger partial charge in [0.25, 0.3) is 0 Å². The Morgan fingerprint density at radius 3 is 2.65 bits per heavy atom. The number of nitrogens with one attached hydrogen (secondary N) is 2.